The van der Waals surface area contributed by atoms with E-state index in [4.69, 9.17) is 0 Å². The average molecular weight is 315 g/mol. The first-order valence-corrected chi connectivity index (χ1v) is 7.75. The van der Waals surface area contributed by atoms with Crippen LogP contribution >= 0.6 is 0 Å². The molecule has 7 nitrogen and oxygen atoms in total. The Kier molecular flexibility index (Phi) is 4.29. The quantitative estimate of drug-likeness (QED) is 0.637. The van der Waals surface area contributed by atoms with Gasteiger partial charge in [-0.2, -0.15) is 9.55 Å². The third-order valence-electron chi connectivity index (χ3n) is 4.23. The smallest absolute Gasteiger partial charge is 0.347 e. The second-order valence-corrected chi connectivity index (χ2v) is 5.94. The summed E-state index contributed by atoms with van der Waals surface area (Å²) in [6.45, 7) is 5.70. The highest BCUT2D eigenvalue weighted by Crippen LogP contribution is 2.27. The average Bonchev–Trinajstić information content (AvgIpc) is 2.85. The molecular weight excluding hydrogens is 294 g/mol. The fraction of sp³-hybridized carbons (Fsp3) is 0.438. The zero-order valence-electron chi connectivity index (χ0n) is 13.5. The molecule has 1 aromatic carbocycles. The summed E-state index contributed by atoms with van der Waals surface area (Å²) in [4.78, 5) is 20.1. The van der Waals surface area contributed by atoms with Crippen LogP contribution < -0.4 is 4.90 Å². The van der Waals surface area contributed by atoms with Crippen molar-refractivity contribution in [2.45, 2.75) is 13.5 Å². The molecule has 23 heavy (non-hydrogen) atoms. The lowest BCUT2D eigenvalue weighted by atomic mass is 10.2. The van der Waals surface area contributed by atoms with E-state index in [1.165, 1.54) is 0 Å². The van der Waals surface area contributed by atoms with E-state index in [2.05, 4.69) is 21.8 Å². The Bertz CT molecular complexity index is 690. The van der Waals surface area contributed by atoms with E-state index in [0.717, 1.165) is 31.7 Å². The first kappa shape index (κ1) is 15.5. The van der Waals surface area contributed by atoms with Crippen LogP contribution in [0.5, 0.6) is 0 Å². The first-order valence-electron chi connectivity index (χ1n) is 7.75. The number of hydrogen-bond acceptors (Lipinski definition) is 5. The minimum atomic E-state index is -0.329. The van der Waals surface area contributed by atoms with Crippen LogP contribution in [0.15, 0.2) is 30.3 Å². The molecule has 0 spiro atoms. The third-order valence-corrected chi connectivity index (χ3v) is 4.23. The van der Waals surface area contributed by atoms with E-state index in [-0.39, 0.29) is 10.7 Å². The number of hydrogen-bond donors (Lipinski definition) is 0. The Balaban J connectivity index is 1.98. The molecule has 0 saturated carbocycles. The van der Waals surface area contributed by atoms with Gasteiger partial charge in [0.1, 0.15) is 12.2 Å². The number of anilines is 1. The Morgan fingerprint density at radius 3 is 2.43 bits per heavy atom. The van der Waals surface area contributed by atoms with Gasteiger partial charge in [-0.25, -0.2) is 0 Å². The van der Waals surface area contributed by atoms with Crippen molar-refractivity contribution >= 4 is 11.8 Å². The van der Waals surface area contributed by atoms with E-state index in [9.17, 15) is 10.1 Å². The number of nitro groups is 1. The van der Waals surface area contributed by atoms with Crippen LogP contribution in [0.1, 0.15) is 11.3 Å². The molecule has 0 amide bonds. The molecule has 0 bridgehead atoms. The van der Waals surface area contributed by atoms with Crippen LogP contribution in [0, 0.1) is 17.0 Å². The molecule has 0 unspecified atom stereocenters. The number of rotatable bonds is 4. The van der Waals surface area contributed by atoms with E-state index >= 15 is 0 Å². The fourth-order valence-electron chi connectivity index (χ4n) is 2.94. The monoisotopic (exact) mass is 315 g/mol. The van der Waals surface area contributed by atoms with Crippen LogP contribution in [0.25, 0.3) is 0 Å². The maximum atomic E-state index is 11.5. The molecule has 0 atom stereocenters. The maximum absolute atomic E-state index is 11.5. The lowest BCUT2D eigenvalue weighted by molar-refractivity contribution is -0.392. The number of likely N-dealkylation sites (N-methyl/N-ethyl adjacent to an activating group) is 1. The number of aromatic nitrogens is 2. The molecule has 1 aromatic heterocycles. The number of aryl methyl sites for hydroxylation is 1. The van der Waals surface area contributed by atoms with Gasteiger partial charge in [-0.15, -0.1) is 0 Å². The Morgan fingerprint density at radius 2 is 1.83 bits per heavy atom. The first-order chi connectivity index (χ1) is 11.1. The van der Waals surface area contributed by atoms with Crippen molar-refractivity contribution in [3.05, 3.63) is 51.7 Å². The molecule has 3 rings (SSSR count). The molecule has 1 aliphatic rings. The van der Waals surface area contributed by atoms with Crippen LogP contribution in [0.4, 0.5) is 11.8 Å². The van der Waals surface area contributed by atoms with Gasteiger partial charge in [0.25, 0.3) is 5.95 Å². The van der Waals surface area contributed by atoms with Crippen molar-refractivity contribution in [1.29, 1.82) is 0 Å². The SMILES string of the molecule is Cc1nc(N2CCN(C)CC2)n(Cc2ccccc2)c1[N+](=O)[O-]. The minimum absolute atomic E-state index is 0.0859. The summed E-state index contributed by atoms with van der Waals surface area (Å²) in [6.07, 6.45) is 0. The van der Waals surface area contributed by atoms with Gasteiger partial charge in [-0.1, -0.05) is 30.3 Å². The lowest BCUT2D eigenvalue weighted by Crippen LogP contribution is -2.45. The molecule has 122 valence electrons. The standard InChI is InChI=1S/C16H21N5O2/c1-13-15(21(22)23)20(12-14-6-4-3-5-7-14)16(17-13)19-10-8-18(2)9-11-19/h3-7H,8-12H2,1-2H3. The van der Waals surface area contributed by atoms with Gasteiger partial charge in [-0.3, -0.25) is 0 Å². The summed E-state index contributed by atoms with van der Waals surface area (Å²) in [5, 5.41) is 11.5. The van der Waals surface area contributed by atoms with E-state index < -0.39 is 0 Å². The predicted molar refractivity (Wildman–Crippen MR) is 88.9 cm³/mol. The summed E-state index contributed by atoms with van der Waals surface area (Å²) in [5.74, 6) is 0.786. The molecule has 0 N–H and O–H groups in total. The molecular formula is C16H21N5O2. The van der Waals surface area contributed by atoms with Crippen LogP contribution in [0.3, 0.4) is 0 Å². The van der Waals surface area contributed by atoms with Gasteiger partial charge in [0.15, 0.2) is 0 Å². The number of piperazine rings is 1. The highest BCUT2D eigenvalue weighted by atomic mass is 16.6. The Hall–Kier alpha value is -2.41. The summed E-state index contributed by atoms with van der Waals surface area (Å²) in [6, 6.07) is 9.79. The molecule has 2 heterocycles. The van der Waals surface area contributed by atoms with E-state index in [1.54, 1.807) is 11.5 Å². The Labute approximate surface area is 135 Å². The highest BCUT2D eigenvalue weighted by molar-refractivity contribution is 5.45. The van der Waals surface area contributed by atoms with Gasteiger partial charge in [0, 0.05) is 26.2 Å². The zero-order valence-corrected chi connectivity index (χ0v) is 13.5. The van der Waals surface area contributed by atoms with Crippen molar-refractivity contribution in [3.8, 4) is 0 Å². The molecule has 2 aromatic rings. The van der Waals surface area contributed by atoms with E-state index in [0.29, 0.717) is 18.2 Å². The van der Waals surface area contributed by atoms with Gasteiger partial charge in [0.2, 0.25) is 0 Å². The molecule has 7 heteroatoms. The van der Waals surface area contributed by atoms with Crippen LogP contribution in [-0.4, -0.2) is 52.6 Å². The molecule has 0 aliphatic carbocycles. The van der Waals surface area contributed by atoms with Crippen molar-refractivity contribution in [3.63, 3.8) is 0 Å². The maximum Gasteiger partial charge on any atom is 0.347 e. The van der Waals surface area contributed by atoms with Crippen LogP contribution in [0.2, 0.25) is 0 Å². The van der Waals surface area contributed by atoms with Crippen LogP contribution in [-0.2, 0) is 6.54 Å². The van der Waals surface area contributed by atoms with E-state index in [1.807, 2.05) is 30.3 Å². The van der Waals surface area contributed by atoms with Gasteiger partial charge in [-0.05, 0) is 24.5 Å². The normalized spacial score (nSPS) is 15.8. The molecule has 1 aliphatic heterocycles. The predicted octanol–water partition coefficient (Wildman–Crippen LogP) is 1.90. The van der Waals surface area contributed by atoms with Gasteiger partial charge in [0.05, 0.1) is 0 Å². The topological polar surface area (TPSA) is 67.4 Å². The van der Waals surface area contributed by atoms with Gasteiger partial charge < -0.3 is 19.9 Å². The summed E-state index contributed by atoms with van der Waals surface area (Å²) < 4.78 is 1.73. The van der Waals surface area contributed by atoms with Crippen molar-refractivity contribution in [1.82, 2.24) is 14.5 Å². The van der Waals surface area contributed by atoms with Crippen molar-refractivity contribution in [2.24, 2.45) is 0 Å². The van der Waals surface area contributed by atoms with Crippen molar-refractivity contribution in [2.75, 3.05) is 38.1 Å². The number of benzene rings is 1. The summed E-state index contributed by atoms with van der Waals surface area (Å²) in [7, 11) is 2.08. The zero-order chi connectivity index (χ0) is 16.4. The minimum Gasteiger partial charge on any atom is -0.358 e. The summed E-state index contributed by atoms with van der Waals surface area (Å²) in [5.41, 5.74) is 1.50. The molecule has 1 fully saturated rings. The van der Waals surface area contributed by atoms with Crippen molar-refractivity contribution < 1.29 is 4.92 Å². The Morgan fingerprint density at radius 1 is 1.17 bits per heavy atom. The lowest BCUT2D eigenvalue weighted by Gasteiger charge is -2.31. The summed E-state index contributed by atoms with van der Waals surface area (Å²) >= 11 is 0. The largest absolute Gasteiger partial charge is 0.358 e. The number of nitrogens with zero attached hydrogens (tertiary/aromatic N) is 5. The second-order valence-electron chi connectivity index (χ2n) is 5.94. The molecule has 0 radical (unpaired) electrons. The number of imidazole rings is 1. The van der Waals surface area contributed by atoms with Gasteiger partial charge >= 0.3 is 5.82 Å². The third kappa shape index (κ3) is 3.19. The fourth-order valence-corrected chi connectivity index (χ4v) is 2.94. The molecule has 1 saturated heterocycles. The highest BCUT2D eigenvalue weighted by Gasteiger charge is 2.29. The second kappa shape index (κ2) is 6.37.